The normalized spacial score (nSPS) is 11.2. The van der Waals surface area contributed by atoms with Crippen molar-refractivity contribution in [3.8, 4) is 0 Å². The predicted molar refractivity (Wildman–Crippen MR) is 93.4 cm³/mol. The van der Waals surface area contributed by atoms with Crippen LogP contribution in [0.15, 0.2) is 41.5 Å². The van der Waals surface area contributed by atoms with E-state index in [9.17, 15) is 18.0 Å². The second-order valence-electron chi connectivity index (χ2n) is 5.28. The highest BCUT2D eigenvalue weighted by Crippen LogP contribution is 2.41. The Morgan fingerprint density at radius 2 is 1.96 bits per heavy atom. The fourth-order valence-electron chi connectivity index (χ4n) is 2.17. The third kappa shape index (κ3) is 4.64. The van der Waals surface area contributed by atoms with Gasteiger partial charge in [-0.15, -0.1) is 0 Å². The van der Waals surface area contributed by atoms with E-state index in [-0.39, 0.29) is 22.9 Å². The Balaban J connectivity index is 2.26. The number of nitrogens with zero attached hydrogens (tertiary/aromatic N) is 2. The molecule has 0 atom stereocenters. The largest absolute Gasteiger partial charge is 0.416 e. The molecule has 0 saturated carbocycles. The number of hydrogen-bond donors (Lipinski definition) is 2. The molecule has 0 saturated heterocycles. The molecule has 0 unspecified atom stereocenters. The zero-order chi connectivity index (χ0) is 19.5. The summed E-state index contributed by atoms with van der Waals surface area (Å²) in [6.07, 6.45) is -4.66. The van der Waals surface area contributed by atoms with E-state index in [0.717, 1.165) is 11.0 Å². The van der Waals surface area contributed by atoms with Crippen molar-refractivity contribution in [2.45, 2.75) is 12.7 Å². The summed E-state index contributed by atoms with van der Waals surface area (Å²) in [6, 6.07) is 7.45. The molecule has 0 heterocycles. The van der Waals surface area contributed by atoms with Crippen LogP contribution in [0.5, 0.6) is 0 Å². The first-order valence-corrected chi connectivity index (χ1v) is 7.93. The Morgan fingerprint density at radius 3 is 2.54 bits per heavy atom. The van der Waals surface area contributed by atoms with Gasteiger partial charge in [0, 0.05) is 18.6 Å². The molecule has 0 fully saturated rings. The maximum Gasteiger partial charge on any atom is 0.416 e. The average molecular weight is 405 g/mol. The van der Waals surface area contributed by atoms with Crippen molar-refractivity contribution in [2.75, 3.05) is 11.9 Å². The van der Waals surface area contributed by atoms with Crippen LogP contribution in [0.2, 0.25) is 10.0 Å². The summed E-state index contributed by atoms with van der Waals surface area (Å²) in [5.41, 5.74) is 6.34. The van der Waals surface area contributed by atoms with E-state index in [0.29, 0.717) is 16.7 Å². The van der Waals surface area contributed by atoms with Gasteiger partial charge in [-0.2, -0.15) is 18.3 Å². The van der Waals surface area contributed by atoms with E-state index in [1.165, 1.54) is 7.05 Å². The summed E-state index contributed by atoms with van der Waals surface area (Å²) in [7, 11) is 1.26. The number of urea groups is 1. The fourth-order valence-corrected chi connectivity index (χ4v) is 2.64. The molecule has 0 aliphatic rings. The summed E-state index contributed by atoms with van der Waals surface area (Å²) in [6.45, 7) is 0.115. The van der Waals surface area contributed by atoms with E-state index in [1.807, 2.05) is 0 Å². The molecule has 0 aliphatic heterocycles. The van der Waals surface area contributed by atoms with Crippen LogP contribution < -0.4 is 10.2 Å². The lowest BCUT2D eigenvalue weighted by atomic mass is 10.1. The fraction of sp³-hybridized carbons (Fsp3) is 0.188. The van der Waals surface area contributed by atoms with Gasteiger partial charge in [0.1, 0.15) is 5.69 Å². The van der Waals surface area contributed by atoms with Crippen LogP contribution in [0.1, 0.15) is 11.1 Å². The van der Waals surface area contributed by atoms with Crippen LogP contribution in [0.4, 0.5) is 29.3 Å². The van der Waals surface area contributed by atoms with Gasteiger partial charge in [0.15, 0.2) is 0 Å². The van der Waals surface area contributed by atoms with Crippen LogP contribution in [0.25, 0.3) is 0 Å². The van der Waals surface area contributed by atoms with Gasteiger partial charge >= 0.3 is 12.2 Å². The predicted octanol–water partition coefficient (Wildman–Crippen LogP) is 6.02. The lowest BCUT2D eigenvalue weighted by Crippen LogP contribution is -2.37. The van der Waals surface area contributed by atoms with E-state index >= 15 is 0 Å². The molecule has 2 N–H and O–H groups in total. The van der Waals surface area contributed by atoms with Gasteiger partial charge in [-0.3, -0.25) is 4.90 Å². The number of hydrogen-bond acceptors (Lipinski definition) is 3. The van der Waals surface area contributed by atoms with Gasteiger partial charge in [0.25, 0.3) is 0 Å². The lowest BCUT2D eigenvalue weighted by molar-refractivity contribution is -0.137. The Morgan fingerprint density at radius 1 is 1.27 bits per heavy atom. The number of carbonyl (C=O) groups is 1. The minimum Gasteiger partial charge on any atom is -0.334 e. The van der Waals surface area contributed by atoms with Gasteiger partial charge in [-0.25, -0.2) is 10.3 Å². The number of halogens is 5. The quantitative estimate of drug-likeness (QED) is 0.600. The number of amides is 2. The molecule has 0 radical (unpaired) electrons. The van der Waals surface area contributed by atoms with Crippen molar-refractivity contribution >= 4 is 40.6 Å². The zero-order valence-corrected chi connectivity index (χ0v) is 14.9. The number of anilines is 1. The molecule has 5 nitrogen and oxygen atoms in total. The summed E-state index contributed by atoms with van der Waals surface area (Å²) >= 11 is 11.7. The van der Waals surface area contributed by atoms with Crippen molar-refractivity contribution < 1.29 is 18.0 Å². The first-order valence-electron chi connectivity index (χ1n) is 7.17. The summed E-state index contributed by atoms with van der Waals surface area (Å²) < 4.78 is 39.0. The molecular formula is C16H13Cl2F3N4O. The molecule has 0 aliphatic carbocycles. The van der Waals surface area contributed by atoms with Crippen LogP contribution >= 0.6 is 23.2 Å². The number of carbonyl (C=O) groups excluding carboxylic acids is 1. The minimum atomic E-state index is -4.66. The van der Waals surface area contributed by atoms with E-state index in [2.05, 4.69) is 10.4 Å². The molecule has 2 amide bonds. The first kappa shape index (κ1) is 20.0. The van der Waals surface area contributed by atoms with Gasteiger partial charge in [0.05, 0.1) is 16.3 Å². The van der Waals surface area contributed by atoms with Gasteiger partial charge in [0.2, 0.25) is 0 Å². The maximum absolute atomic E-state index is 13.0. The molecule has 0 bridgehead atoms. The molecule has 138 valence electrons. The van der Waals surface area contributed by atoms with Crippen molar-refractivity contribution in [3.05, 3.63) is 57.6 Å². The van der Waals surface area contributed by atoms with Gasteiger partial charge in [-0.05, 0) is 29.8 Å². The highest BCUT2D eigenvalue weighted by molar-refractivity contribution is 6.34. The summed E-state index contributed by atoms with van der Waals surface area (Å²) in [4.78, 5) is 13.2. The topological polar surface area (TPSA) is 68.6 Å². The third-order valence-corrected chi connectivity index (χ3v) is 4.00. The Labute approximate surface area is 157 Å². The monoisotopic (exact) mass is 404 g/mol. The van der Waals surface area contributed by atoms with E-state index in [4.69, 9.17) is 28.7 Å². The van der Waals surface area contributed by atoms with E-state index in [1.54, 1.807) is 24.3 Å². The molecule has 10 heteroatoms. The minimum absolute atomic E-state index is 0.115. The number of nitrogens with one attached hydrogen (secondary N) is 2. The van der Waals surface area contributed by atoms with Crippen LogP contribution in [-0.4, -0.2) is 13.1 Å². The highest BCUT2D eigenvalue weighted by Gasteiger charge is 2.33. The van der Waals surface area contributed by atoms with Crippen LogP contribution in [0, 0.1) is 5.53 Å². The standard InChI is InChI=1S/C16H13Cl2F3N4O/c1-25(15(26)23-8-9-3-2-4-11(17)5-9)13-7-10(16(19,20)21)6-12(18)14(13)24-22/h2-7,22H,8H2,1H3,(H,23,26). The van der Waals surface area contributed by atoms with Crippen molar-refractivity contribution in [1.29, 1.82) is 5.53 Å². The smallest absolute Gasteiger partial charge is 0.334 e. The molecule has 2 aromatic carbocycles. The zero-order valence-electron chi connectivity index (χ0n) is 13.4. The lowest BCUT2D eigenvalue weighted by Gasteiger charge is -2.21. The van der Waals surface area contributed by atoms with Crippen molar-refractivity contribution in [3.63, 3.8) is 0 Å². The second kappa shape index (κ2) is 7.92. The highest BCUT2D eigenvalue weighted by atomic mass is 35.5. The Kier molecular flexibility index (Phi) is 6.09. The summed E-state index contributed by atoms with van der Waals surface area (Å²) in [5, 5.41) is 5.81. The maximum atomic E-state index is 13.0. The van der Waals surface area contributed by atoms with Gasteiger partial charge < -0.3 is 5.32 Å². The molecule has 2 aromatic rings. The SMILES string of the molecule is CN(C(=O)NCc1cccc(Cl)c1)c1cc(C(F)(F)F)cc(Cl)c1N=N. The third-order valence-electron chi connectivity index (χ3n) is 3.48. The van der Waals surface area contributed by atoms with Crippen molar-refractivity contribution in [1.82, 2.24) is 5.32 Å². The molecule has 2 rings (SSSR count). The number of alkyl halides is 3. The molecule has 0 aromatic heterocycles. The number of rotatable bonds is 4. The molecule has 0 spiro atoms. The number of benzene rings is 2. The second-order valence-corrected chi connectivity index (χ2v) is 6.13. The van der Waals surface area contributed by atoms with E-state index < -0.39 is 17.8 Å². The molecule has 26 heavy (non-hydrogen) atoms. The Hall–Kier alpha value is -2.32. The van der Waals surface area contributed by atoms with Crippen molar-refractivity contribution in [2.24, 2.45) is 5.11 Å². The Bertz CT molecular complexity index is 843. The molecular weight excluding hydrogens is 392 g/mol. The first-order chi connectivity index (χ1) is 12.1. The summed E-state index contributed by atoms with van der Waals surface area (Å²) in [5.74, 6) is 0. The van der Waals surface area contributed by atoms with Crippen LogP contribution in [0.3, 0.4) is 0 Å². The average Bonchev–Trinajstić information content (AvgIpc) is 2.57. The van der Waals surface area contributed by atoms with Gasteiger partial charge in [-0.1, -0.05) is 35.3 Å². The van der Waals surface area contributed by atoms with Crippen LogP contribution in [-0.2, 0) is 12.7 Å².